The summed E-state index contributed by atoms with van der Waals surface area (Å²) in [5.41, 5.74) is -1.54. The topological polar surface area (TPSA) is 164 Å². The number of amides is 1. The van der Waals surface area contributed by atoms with E-state index >= 15 is 0 Å². The predicted molar refractivity (Wildman–Crippen MR) is 84.3 cm³/mol. The van der Waals surface area contributed by atoms with Crippen LogP contribution in [-0.4, -0.2) is 34.9 Å². The predicted octanol–water partition coefficient (Wildman–Crippen LogP) is 1.79. The number of nitro benzene ring substituents is 1. The molecule has 0 aliphatic carbocycles. The molecular formula is C14H10N2O8S. The average Bonchev–Trinajstić information content (AvgIpc) is 2.53. The van der Waals surface area contributed by atoms with E-state index < -0.39 is 37.5 Å². The number of benzene rings is 2. The van der Waals surface area contributed by atoms with Crippen LogP contribution in [0.3, 0.4) is 0 Å². The minimum atomic E-state index is -4.83. The van der Waals surface area contributed by atoms with Gasteiger partial charge < -0.3 is 10.4 Å². The molecule has 10 nitrogen and oxygen atoms in total. The van der Waals surface area contributed by atoms with Gasteiger partial charge in [0, 0.05) is 11.8 Å². The van der Waals surface area contributed by atoms with Crippen LogP contribution >= 0.6 is 0 Å². The van der Waals surface area contributed by atoms with Crippen molar-refractivity contribution in [2.24, 2.45) is 0 Å². The molecule has 2 aromatic rings. The summed E-state index contributed by atoms with van der Waals surface area (Å²) in [6, 6.07) is 7.84. The highest BCUT2D eigenvalue weighted by Gasteiger charge is 2.25. The van der Waals surface area contributed by atoms with Crippen LogP contribution in [-0.2, 0) is 10.1 Å². The highest BCUT2D eigenvalue weighted by Crippen LogP contribution is 2.27. The van der Waals surface area contributed by atoms with E-state index in [1.165, 1.54) is 24.3 Å². The molecule has 25 heavy (non-hydrogen) atoms. The first kappa shape index (κ1) is 18.0. The third kappa shape index (κ3) is 3.97. The van der Waals surface area contributed by atoms with Gasteiger partial charge >= 0.3 is 16.1 Å². The van der Waals surface area contributed by atoms with Crippen molar-refractivity contribution < 1.29 is 32.6 Å². The molecular weight excluding hydrogens is 356 g/mol. The number of carboxylic acid groups (broad SMARTS) is 1. The van der Waals surface area contributed by atoms with Crippen molar-refractivity contribution in [3.8, 4) is 0 Å². The molecule has 1 amide bonds. The van der Waals surface area contributed by atoms with Crippen LogP contribution in [0.2, 0.25) is 0 Å². The fraction of sp³-hybridized carbons (Fsp3) is 0. The molecule has 0 saturated heterocycles. The molecule has 2 rings (SSSR count). The monoisotopic (exact) mass is 366 g/mol. The summed E-state index contributed by atoms with van der Waals surface area (Å²) < 4.78 is 31.2. The van der Waals surface area contributed by atoms with Gasteiger partial charge in [-0.25, -0.2) is 4.79 Å². The Kier molecular flexibility index (Phi) is 4.81. The SMILES string of the molecule is O=C(O)c1ccccc1C(=O)Nc1ccc(S(=O)(=O)O)c([N+](=O)[O-])c1. The number of carboxylic acids is 1. The summed E-state index contributed by atoms with van der Waals surface area (Å²) in [7, 11) is -4.83. The van der Waals surface area contributed by atoms with Gasteiger partial charge in [-0.2, -0.15) is 8.42 Å². The molecule has 0 heterocycles. The van der Waals surface area contributed by atoms with E-state index in [9.17, 15) is 28.1 Å². The van der Waals surface area contributed by atoms with E-state index in [1.807, 2.05) is 0 Å². The summed E-state index contributed by atoms with van der Waals surface area (Å²) in [6.07, 6.45) is 0. The summed E-state index contributed by atoms with van der Waals surface area (Å²) in [4.78, 5) is 32.3. The van der Waals surface area contributed by atoms with Gasteiger partial charge in [0.1, 0.15) is 0 Å². The average molecular weight is 366 g/mol. The molecule has 0 aromatic heterocycles. The van der Waals surface area contributed by atoms with E-state index in [0.29, 0.717) is 0 Å². The van der Waals surface area contributed by atoms with Crippen molar-refractivity contribution in [1.29, 1.82) is 0 Å². The Morgan fingerprint density at radius 2 is 1.68 bits per heavy atom. The van der Waals surface area contributed by atoms with E-state index in [2.05, 4.69) is 5.32 Å². The number of carbonyl (C=O) groups excluding carboxylic acids is 1. The second-order valence-corrected chi connectivity index (χ2v) is 6.11. The lowest BCUT2D eigenvalue weighted by atomic mass is 10.1. The van der Waals surface area contributed by atoms with Crippen LogP contribution in [0.1, 0.15) is 20.7 Å². The molecule has 0 unspecified atom stereocenters. The number of carbonyl (C=O) groups is 2. The summed E-state index contributed by atoms with van der Waals surface area (Å²) in [5.74, 6) is -2.19. The Morgan fingerprint density at radius 1 is 1.08 bits per heavy atom. The van der Waals surface area contributed by atoms with E-state index in [1.54, 1.807) is 0 Å². The fourth-order valence-corrected chi connectivity index (χ4v) is 2.66. The first-order valence-electron chi connectivity index (χ1n) is 6.51. The Bertz CT molecular complexity index is 984. The second kappa shape index (κ2) is 6.67. The van der Waals surface area contributed by atoms with Gasteiger partial charge in [0.25, 0.3) is 11.6 Å². The first-order valence-corrected chi connectivity index (χ1v) is 7.95. The number of nitro groups is 1. The Hall–Kier alpha value is -3.31. The lowest BCUT2D eigenvalue weighted by molar-refractivity contribution is -0.387. The van der Waals surface area contributed by atoms with Crippen molar-refractivity contribution in [3.05, 3.63) is 63.7 Å². The normalized spacial score (nSPS) is 10.9. The Morgan fingerprint density at radius 3 is 2.20 bits per heavy atom. The minimum absolute atomic E-state index is 0.149. The number of nitrogens with zero attached hydrogens (tertiary/aromatic N) is 1. The van der Waals surface area contributed by atoms with Gasteiger partial charge in [0.2, 0.25) is 0 Å². The molecule has 0 spiro atoms. The van der Waals surface area contributed by atoms with Crippen molar-refractivity contribution in [1.82, 2.24) is 0 Å². The number of nitrogens with one attached hydrogen (secondary N) is 1. The van der Waals surface area contributed by atoms with E-state index in [4.69, 9.17) is 9.66 Å². The number of hydrogen-bond acceptors (Lipinski definition) is 6. The van der Waals surface area contributed by atoms with Gasteiger partial charge in [-0.15, -0.1) is 0 Å². The zero-order chi connectivity index (χ0) is 18.8. The lowest BCUT2D eigenvalue weighted by Gasteiger charge is -2.08. The third-order valence-corrected chi connectivity index (χ3v) is 3.99. The van der Waals surface area contributed by atoms with Gasteiger partial charge in [-0.05, 0) is 24.3 Å². The van der Waals surface area contributed by atoms with Crippen molar-refractivity contribution >= 4 is 33.4 Å². The van der Waals surface area contributed by atoms with Gasteiger partial charge in [-0.1, -0.05) is 12.1 Å². The van der Waals surface area contributed by atoms with Crippen LogP contribution in [0.5, 0.6) is 0 Å². The number of anilines is 1. The van der Waals surface area contributed by atoms with Crippen LogP contribution in [0, 0.1) is 10.1 Å². The van der Waals surface area contributed by atoms with Gasteiger partial charge in [0.05, 0.1) is 16.1 Å². The first-order chi connectivity index (χ1) is 11.6. The number of rotatable bonds is 5. The zero-order valence-corrected chi connectivity index (χ0v) is 13.1. The maximum atomic E-state index is 12.2. The van der Waals surface area contributed by atoms with Crippen LogP contribution < -0.4 is 5.32 Å². The molecule has 2 aromatic carbocycles. The minimum Gasteiger partial charge on any atom is -0.478 e. The largest absolute Gasteiger partial charge is 0.478 e. The van der Waals surface area contributed by atoms with E-state index in [-0.39, 0.29) is 16.8 Å². The quantitative estimate of drug-likeness (QED) is 0.409. The zero-order valence-electron chi connectivity index (χ0n) is 12.2. The highest BCUT2D eigenvalue weighted by molar-refractivity contribution is 7.86. The maximum Gasteiger partial charge on any atom is 0.336 e. The summed E-state index contributed by atoms with van der Waals surface area (Å²) in [6.45, 7) is 0. The lowest BCUT2D eigenvalue weighted by Crippen LogP contribution is -2.16. The summed E-state index contributed by atoms with van der Waals surface area (Å²) in [5, 5.41) is 22.3. The van der Waals surface area contributed by atoms with Gasteiger partial charge in [0.15, 0.2) is 4.90 Å². The molecule has 3 N–H and O–H groups in total. The van der Waals surface area contributed by atoms with Crippen molar-refractivity contribution in [3.63, 3.8) is 0 Å². The molecule has 0 bridgehead atoms. The number of aromatic carboxylic acids is 1. The van der Waals surface area contributed by atoms with Crippen molar-refractivity contribution in [2.45, 2.75) is 4.90 Å². The van der Waals surface area contributed by atoms with Gasteiger partial charge in [-0.3, -0.25) is 19.5 Å². The van der Waals surface area contributed by atoms with Crippen LogP contribution in [0.25, 0.3) is 0 Å². The second-order valence-electron chi connectivity index (χ2n) is 4.72. The highest BCUT2D eigenvalue weighted by atomic mass is 32.2. The maximum absolute atomic E-state index is 12.2. The summed E-state index contributed by atoms with van der Waals surface area (Å²) >= 11 is 0. The molecule has 0 saturated carbocycles. The van der Waals surface area contributed by atoms with E-state index in [0.717, 1.165) is 18.2 Å². The molecule has 0 aliphatic heterocycles. The molecule has 11 heteroatoms. The Labute approximate surface area is 140 Å². The molecule has 130 valence electrons. The molecule has 0 aliphatic rings. The molecule has 0 fully saturated rings. The fourth-order valence-electron chi connectivity index (χ4n) is 2.02. The smallest absolute Gasteiger partial charge is 0.336 e. The van der Waals surface area contributed by atoms with Crippen LogP contribution in [0.4, 0.5) is 11.4 Å². The standard InChI is InChI=1S/C14H10N2O8S/c17-13(9-3-1-2-4-10(9)14(18)19)15-8-5-6-12(25(22,23)24)11(7-8)16(20)21/h1-7H,(H,15,17)(H,18,19)(H,22,23,24). The number of hydrogen-bond donors (Lipinski definition) is 3. The third-order valence-electron chi connectivity index (χ3n) is 3.09. The molecule has 0 atom stereocenters. The van der Waals surface area contributed by atoms with Crippen molar-refractivity contribution in [2.75, 3.05) is 5.32 Å². The Balaban J connectivity index is 2.42. The molecule has 0 radical (unpaired) electrons. The van der Waals surface area contributed by atoms with Crippen LogP contribution in [0.15, 0.2) is 47.4 Å².